The van der Waals surface area contributed by atoms with Crippen molar-refractivity contribution >= 4 is 49.9 Å². The number of ether oxygens (including phenoxy) is 1. The Kier molecular flexibility index (Phi) is 6.84. The van der Waals surface area contributed by atoms with Crippen LogP contribution in [0.4, 0.5) is 11.6 Å². The zero-order valence-electron chi connectivity index (χ0n) is 22.4. The molecule has 0 bridgehead atoms. The van der Waals surface area contributed by atoms with Crippen LogP contribution < -0.4 is 16.4 Å². The molecular weight excluding hydrogens is 512 g/mol. The number of primary amides is 1. The van der Waals surface area contributed by atoms with Crippen molar-refractivity contribution in [3.05, 3.63) is 41.4 Å². The number of nitrogen functional groups attached to an aromatic ring is 1. The number of thiophene rings is 1. The molecule has 2 saturated heterocycles. The molecule has 0 aliphatic carbocycles. The first-order valence-electron chi connectivity index (χ1n) is 13.4. The number of carbonyl (C=O) groups is 1. The van der Waals surface area contributed by atoms with Crippen LogP contribution in [0.25, 0.3) is 32.4 Å². The molecule has 4 aromatic rings. The molecule has 3 aromatic heterocycles. The maximum absolute atomic E-state index is 11.9. The monoisotopic (exact) mass is 546 g/mol. The van der Waals surface area contributed by atoms with Gasteiger partial charge < -0.3 is 21.1 Å². The van der Waals surface area contributed by atoms with Gasteiger partial charge in [0.1, 0.15) is 5.82 Å². The Morgan fingerprint density at radius 1 is 1.05 bits per heavy atom. The number of carbonyl (C=O) groups excluding carboxylic acids is 1. The van der Waals surface area contributed by atoms with Crippen LogP contribution in [-0.2, 0) is 16.1 Å². The molecule has 2 fully saturated rings. The van der Waals surface area contributed by atoms with Gasteiger partial charge in [-0.25, -0.2) is 15.0 Å². The molecule has 6 rings (SSSR count). The summed E-state index contributed by atoms with van der Waals surface area (Å²) in [7, 11) is 0. The fourth-order valence-corrected chi connectivity index (χ4v) is 6.54. The van der Waals surface area contributed by atoms with Crippen LogP contribution >= 0.6 is 11.3 Å². The molecule has 0 unspecified atom stereocenters. The SMILES string of the molecule is CC(C)(C(N)=O)N1CCN(Cc2cc3nc(-c4cnc(N)c5ccccc45)nc(N4CCOCC4)c3s2)CC1. The lowest BCUT2D eigenvalue weighted by Gasteiger charge is -2.42. The van der Waals surface area contributed by atoms with Gasteiger partial charge in [0, 0.05) is 67.8 Å². The highest BCUT2D eigenvalue weighted by Gasteiger charge is 2.34. The molecule has 0 spiro atoms. The minimum Gasteiger partial charge on any atom is -0.383 e. The molecule has 39 heavy (non-hydrogen) atoms. The lowest BCUT2D eigenvalue weighted by molar-refractivity contribution is -0.129. The van der Waals surface area contributed by atoms with Crippen molar-refractivity contribution in [2.45, 2.75) is 25.9 Å². The summed E-state index contributed by atoms with van der Waals surface area (Å²) in [5.74, 6) is 1.82. The van der Waals surface area contributed by atoms with Crippen LogP contribution in [0, 0.1) is 0 Å². The first kappa shape index (κ1) is 25.9. The topological polar surface area (TPSA) is 127 Å². The predicted octanol–water partition coefficient (Wildman–Crippen LogP) is 2.71. The molecule has 2 aliphatic heterocycles. The van der Waals surface area contributed by atoms with E-state index in [1.165, 1.54) is 4.88 Å². The largest absolute Gasteiger partial charge is 0.383 e. The van der Waals surface area contributed by atoms with E-state index in [9.17, 15) is 4.79 Å². The zero-order valence-corrected chi connectivity index (χ0v) is 23.2. The van der Waals surface area contributed by atoms with Crippen LogP contribution in [0.5, 0.6) is 0 Å². The minimum absolute atomic E-state index is 0.283. The van der Waals surface area contributed by atoms with Gasteiger partial charge in [-0.3, -0.25) is 14.6 Å². The van der Waals surface area contributed by atoms with Crippen molar-refractivity contribution < 1.29 is 9.53 Å². The summed E-state index contributed by atoms with van der Waals surface area (Å²) in [6.07, 6.45) is 1.78. The Hall–Kier alpha value is -3.38. The predicted molar refractivity (Wildman–Crippen MR) is 156 cm³/mol. The van der Waals surface area contributed by atoms with Gasteiger partial charge >= 0.3 is 0 Å². The fourth-order valence-electron chi connectivity index (χ4n) is 5.39. The second kappa shape index (κ2) is 10.3. The molecule has 0 atom stereocenters. The molecule has 11 heteroatoms. The number of hydrogen-bond acceptors (Lipinski definition) is 10. The van der Waals surface area contributed by atoms with E-state index in [1.807, 2.05) is 38.1 Å². The van der Waals surface area contributed by atoms with Crippen molar-refractivity contribution in [1.29, 1.82) is 0 Å². The highest BCUT2D eigenvalue weighted by molar-refractivity contribution is 7.19. The van der Waals surface area contributed by atoms with Gasteiger partial charge in [-0.1, -0.05) is 24.3 Å². The third-order valence-corrected chi connectivity index (χ3v) is 9.03. The maximum Gasteiger partial charge on any atom is 0.237 e. The number of benzene rings is 1. The number of aromatic nitrogens is 3. The number of nitrogens with zero attached hydrogens (tertiary/aromatic N) is 6. The number of amides is 1. The van der Waals surface area contributed by atoms with E-state index in [-0.39, 0.29) is 5.91 Å². The summed E-state index contributed by atoms with van der Waals surface area (Å²) in [6.45, 7) is 10.9. The third kappa shape index (κ3) is 4.91. The van der Waals surface area contributed by atoms with Gasteiger partial charge in [-0.15, -0.1) is 11.3 Å². The maximum atomic E-state index is 11.9. The number of fused-ring (bicyclic) bond motifs is 2. The van der Waals surface area contributed by atoms with Crippen LogP contribution in [0.2, 0.25) is 0 Å². The summed E-state index contributed by atoms with van der Waals surface area (Å²) >= 11 is 1.76. The van der Waals surface area contributed by atoms with Gasteiger partial charge in [-0.2, -0.15) is 0 Å². The lowest BCUT2D eigenvalue weighted by atomic mass is 10.0. The number of piperazine rings is 1. The summed E-state index contributed by atoms with van der Waals surface area (Å²) in [4.78, 5) is 34.7. The molecule has 4 N–H and O–H groups in total. The van der Waals surface area contributed by atoms with Gasteiger partial charge in [0.25, 0.3) is 0 Å². The Morgan fingerprint density at radius 3 is 2.49 bits per heavy atom. The fraction of sp³-hybridized carbons (Fsp3) is 0.429. The van der Waals surface area contributed by atoms with E-state index >= 15 is 0 Å². The van der Waals surface area contributed by atoms with Gasteiger partial charge in [-0.05, 0) is 25.3 Å². The van der Waals surface area contributed by atoms with Crippen molar-refractivity contribution in [2.24, 2.45) is 5.73 Å². The Labute approximate surface area is 231 Å². The van der Waals surface area contributed by atoms with E-state index in [2.05, 4.69) is 25.8 Å². The lowest BCUT2D eigenvalue weighted by Crippen LogP contribution is -2.59. The Bertz CT molecular complexity index is 1520. The van der Waals surface area contributed by atoms with Crippen LogP contribution in [0.15, 0.2) is 36.5 Å². The van der Waals surface area contributed by atoms with Gasteiger partial charge in [0.2, 0.25) is 5.91 Å². The summed E-state index contributed by atoms with van der Waals surface area (Å²) < 4.78 is 6.72. The van der Waals surface area contributed by atoms with Gasteiger partial charge in [0.05, 0.1) is 29.0 Å². The van der Waals surface area contributed by atoms with E-state index < -0.39 is 5.54 Å². The average molecular weight is 547 g/mol. The molecule has 0 saturated carbocycles. The Morgan fingerprint density at radius 2 is 1.77 bits per heavy atom. The Balaban J connectivity index is 1.34. The normalized spacial score (nSPS) is 17.7. The summed E-state index contributed by atoms with van der Waals surface area (Å²) in [6, 6.07) is 10.2. The first-order valence-corrected chi connectivity index (χ1v) is 14.2. The number of hydrogen-bond donors (Lipinski definition) is 2. The number of anilines is 2. The first-order chi connectivity index (χ1) is 18.8. The number of rotatable bonds is 6. The molecular formula is C28H34N8O2S. The minimum atomic E-state index is -0.635. The van der Waals surface area contributed by atoms with E-state index in [4.69, 9.17) is 26.2 Å². The second-order valence-corrected chi connectivity index (χ2v) is 11.8. The molecule has 204 valence electrons. The summed E-state index contributed by atoms with van der Waals surface area (Å²) in [5, 5.41) is 1.89. The highest BCUT2D eigenvalue weighted by atomic mass is 32.1. The van der Waals surface area contributed by atoms with E-state index in [0.717, 1.165) is 78.2 Å². The third-order valence-electron chi connectivity index (χ3n) is 7.93. The van der Waals surface area contributed by atoms with Crippen molar-refractivity contribution in [2.75, 3.05) is 63.1 Å². The average Bonchev–Trinajstić information content (AvgIpc) is 3.36. The van der Waals surface area contributed by atoms with Crippen LogP contribution in [0.1, 0.15) is 18.7 Å². The van der Waals surface area contributed by atoms with Crippen LogP contribution in [0.3, 0.4) is 0 Å². The molecule has 2 aliphatic rings. The number of pyridine rings is 1. The molecule has 1 aromatic carbocycles. The van der Waals surface area contributed by atoms with Crippen molar-refractivity contribution in [3.8, 4) is 11.4 Å². The van der Waals surface area contributed by atoms with Gasteiger partial charge in [0.15, 0.2) is 11.6 Å². The standard InChI is InChI=1S/C28H34N8O2S/c1-28(2,27(30)37)36-9-7-34(8-10-36)17-18-15-22-23(39-18)26(35-11-13-38-14-12-35)33-25(32-22)21-16-31-24(29)20-6-4-3-5-19(20)21/h3-6,15-16H,7-14,17H2,1-2H3,(H2,29,31)(H2,30,37). The van der Waals surface area contributed by atoms with Crippen molar-refractivity contribution in [1.82, 2.24) is 24.8 Å². The molecule has 1 amide bonds. The number of morpholine rings is 1. The van der Waals surface area contributed by atoms with Crippen molar-refractivity contribution in [3.63, 3.8) is 0 Å². The summed E-state index contributed by atoms with van der Waals surface area (Å²) in [5.41, 5.74) is 13.0. The molecule has 0 radical (unpaired) electrons. The second-order valence-electron chi connectivity index (χ2n) is 10.7. The number of nitrogens with two attached hydrogens (primary N) is 2. The van der Waals surface area contributed by atoms with E-state index in [0.29, 0.717) is 24.9 Å². The van der Waals surface area contributed by atoms with Crippen LogP contribution in [-0.4, -0.2) is 88.7 Å². The molecule has 10 nitrogen and oxygen atoms in total. The molecule has 5 heterocycles. The quantitative estimate of drug-likeness (QED) is 0.375. The smallest absolute Gasteiger partial charge is 0.237 e. The highest BCUT2D eigenvalue weighted by Crippen LogP contribution is 2.37. The van der Waals surface area contributed by atoms with E-state index in [1.54, 1.807) is 17.5 Å². The zero-order chi connectivity index (χ0) is 27.1.